The molecule has 164 valence electrons. The highest BCUT2D eigenvalue weighted by atomic mass is 35.5. The summed E-state index contributed by atoms with van der Waals surface area (Å²) in [4.78, 5) is 1.00. The first kappa shape index (κ1) is 26.6. The summed E-state index contributed by atoms with van der Waals surface area (Å²) in [6.07, 6.45) is 13.9. The van der Waals surface area contributed by atoms with Gasteiger partial charge in [-0.1, -0.05) is 74.2 Å². The third-order valence-corrected chi connectivity index (χ3v) is 5.95. The summed E-state index contributed by atoms with van der Waals surface area (Å²) in [5.74, 6) is 0.743. The lowest BCUT2D eigenvalue weighted by Gasteiger charge is -2.16. The Balaban J connectivity index is 3.64. The quantitative estimate of drug-likeness (QED) is 0.202. The van der Waals surface area contributed by atoms with E-state index in [2.05, 4.69) is 43.2 Å². The van der Waals surface area contributed by atoms with Gasteiger partial charge >= 0.3 is 0 Å². The number of halogens is 2. The predicted octanol–water partition coefficient (Wildman–Crippen LogP) is 8.10. The Kier molecular flexibility index (Phi) is 12.3. The van der Waals surface area contributed by atoms with Crippen molar-refractivity contribution < 1.29 is 5.11 Å². The first-order valence-corrected chi connectivity index (χ1v) is 11.8. The SMILES string of the molecule is C=C/C=C(\C=C/C)Cn1c(CO)cc(C(C)C)c1SC(/C=C(\C)Cl)=C/C(=C\C)CCl. The average molecular weight is 467 g/mol. The van der Waals surface area contributed by atoms with Gasteiger partial charge in [-0.25, -0.2) is 0 Å². The molecule has 0 saturated carbocycles. The van der Waals surface area contributed by atoms with Gasteiger partial charge in [0.05, 0.1) is 11.6 Å². The molecule has 0 aromatic carbocycles. The smallest absolute Gasteiger partial charge is 0.0837 e. The molecule has 0 bridgehead atoms. The molecule has 0 spiro atoms. The minimum atomic E-state index is -0.0251. The number of alkyl halides is 1. The lowest BCUT2D eigenvalue weighted by Crippen LogP contribution is -2.07. The van der Waals surface area contributed by atoms with E-state index in [0.29, 0.717) is 23.4 Å². The number of allylic oxidation sites excluding steroid dienone is 10. The molecule has 0 atom stereocenters. The zero-order chi connectivity index (χ0) is 22.7. The number of hydrogen-bond donors (Lipinski definition) is 1. The van der Waals surface area contributed by atoms with Crippen LogP contribution in [-0.2, 0) is 13.2 Å². The van der Waals surface area contributed by atoms with Crippen molar-refractivity contribution in [3.63, 3.8) is 0 Å². The number of thioether (sulfide) groups is 1. The minimum Gasteiger partial charge on any atom is -0.390 e. The van der Waals surface area contributed by atoms with Crippen LogP contribution in [-0.4, -0.2) is 15.6 Å². The molecule has 1 aromatic heterocycles. The van der Waals surface area contributed by atoms with Crippen LogP contribution < -0.4 is 0 Å². The zero-order valence-corrected chi connectivity index (χ0v) is 20.9. The lowest BCUT2D eigenvalue weighted by molar-refractivity contribution is 0.270. The molecule has 0 amide bonds. The van der Waals surface area contributed by atoms with Crippen molar-refractivity contribution in [3.8, 4) is 0 Å². The van der Waals surface area contributed by atoms with Crippen molar-refractivity contribution in [1.82, 2.24) is 4.57 Å². The van der Waals surface area contributed by atoms with Gasteiger partial charge in [-0.3, -0.25) is 0 Å². The fourth-order valence-corrected chi connectivity index (χ4v) is 4.72. The number of aliphatic hydroxyl groups is 1. The number of nitrogens with zero attached hydrogens (tertiary/aromatic N) is 1. The highest BCUT2D eigenvalue weighted by Gasteiger charge is 2.19. The molecule has 30 heavy (non-hydrogen) atoms. The largest absolute Gasteiger partial charge is 0.390 e. The zero-order valence-electron chi connectivity index (χ0n) is 18.6. The van der Waals surface area contributed by atoms with E-state index in [1.807, 2.05) is 45.1 Å². The van der Waals surface area contributed by atoms with E-state index in [-0.39, 0.29) is 6.61 Å². The molecule has 1 N–H and O–H groups in total. The minimum absolute atomic E-state index is 0.0251. The van der Waals surface area contributed by atoms with Gasteiger partial charge in [0, 0.05) is 28.1 Å². The highest BCUT2D eigenvalue weighted by Crippen LogP contribution is 2.38. The van der Waals surface area contributed by atoms with Gasteiger partial charge in [0.1, 0.15) is 0 Å². The Morgan fingerprint density at radius 3 is 2.43 bits per heavy atom. The van der Waals surface area contributed by atoms with Crippen molar-refractivity contribution in [2.75, 3.05) is 5.88 Å². The van der Waals surface area contributed by atoms with Crippen LogP contribution in [0, 0.1) is 0 Å². The van der Waals surface area contributed by atoms with Crippen LogP contribution in [0.2, 0.25) is 0 Å². The maximum absolute atomic E-state index is 10.0. The summed E-state index contributed by atoms with van der Waals surface area (Å²) in [6, 6.07) is 2.10. The Morgan fingerprint density at radius 1 is 1.27 bits per heavy atom. The van der Waals surface area contributed by atoms with Gasteiger partial charge in [0.2, 0.25) is 0 Å². The molecule has 1 rings (SSSR count). The van der Waals surface area contributed by atoms with Crippen LogP contribution in [0.15, 0.2) is 81.3 Å². The topological polar surface area (TPSA) is 25.2 Å². The number of aliphatic hydroxyl groups excluding tert-OH is 1. The van der Waals surface area contributed by atoms with Crippen molar-refractivity contribution in [1.29, 1.82) is 0 Å². The molecule has 1 aromatic rings. The summed E-state index contributed by atoms with van der Waals surface area (Å²) >= 11 is 14.0. The monoisotopic (exact) mass is 465 g/mol. The molecule has 0 unspecified atom stereocenters. The predicted molar refractivity (Wildman–Crippen MR) is 136 cm³/mol. The molecular formula is C25H33Cl2NOS. The molecule has 2 nitrogen and oxygen atoms in total. The molecular weight excluding hydrogens is 433 g/mol. The molecule has 0 aliphatic heterocycles. The molecule has 1 heterocycles. The van der Waals surface area contributed by atoms with Crippen LogP contribution >= 0.6 is 35.0 Å². The summed E-state index contributed by atoms with van der Waals surface area (Å²) in [5.41, 5.74) is 4.22. The molecule has 5 heteroatoms. The Morgan fingerprint density at radius 2 is 1.97 bits per heavy atom. The van der Waals surface area contributed by atoms with Crippen molar-refractivity contribution >= 4 is 35.0 Å². The maximum atomic E-state index is 10.0. The van der Waals surface area contributed by atoms with Crippen molar-refractivity contribution in [2.24, 2.45) is 0 Å². The van der Waals surface area contributed by atoms with Crippen LogP contribution in [0.1, 0.15) is 51.8 Å². The summed E-state index contributed by atoms with van der Waals surface area (Å²) in [5, 5.41) is 11.8. The third-order valence-electron chi connectivity index (χ3n) is 4.41. The first-order valence-electron chi connectivity index (χ1n) is 10.0. The number of hydrogen-bond acceptors (Lipinski definition) is 2. The Bertz CT molecular complexity index is 866. The van der Waals surface area contributed by atoms with Crippen LogP contribution in [0.5, 0.6) is 0 Å². The van der Waals surface area contributed by atoms with E-state index in [1.54, 1.807) is 17.8 Å². The summed E-state index contributed by atoms with van der Waals surface area (Å²) in [6.45, 7) is 14.6. The van der Waals surface area contributed by atoms with Crippen LogP contribution in [0.4, 0.5) is 0 Å². The highest BCUT2D eigenvalue weighted by molar-refractivity contribution is 8.03. The normalized spacial score (nSPS) is 14.3. The second kappa shape index (κ2) is 13.8. The van der Waals surface area contributed by atoms with Crippen LogP contribution in [0.3, 0.4) is 0 Å². The van der Waals surface area contributed by atoms with E-state index in [0.717, 1.165) is 26.8 Å². The van der Waals surface area contributed by atoms with Crippen molar-refractivity contribution in [2.45, 2.75) is 58.7 Å². The standard InChI is InChI=1S/C25H33Cl2NOS/c1-7-10-21(11-8-2)16-28-22(17-29)14-24(18(4)5)25(28)30-23(12-19(6)27)13-20(9-3)15-26/h7-14,18,29H,1,15-17H2,2-6H3/b11-8-,19-12+,20-9+,21-10+,23-13+. The summed E-state index contributed by atoms with van der Waals surface area (Å²) in [7, 11) is 0. The third kappa shape index (κ3) is 8.03. The van der Waals surface area contributed by atoms with Gasteiger partial charge in [-0.15, -0.1) is 11.6 Å². The van der Waals surface area contributed by atoms with E-state index in [1.165, 1.54) is 5.56 Å². The van der Waals surface area contributed by atoms with Gasteiger partial charge in [-0.2, -0.15) is 0 Å². The van der Waals surface area contributed by atoms with Crippen molar-refractivity contribution in [3.05, 3.63) is 87.5 Å². The first-order chi connectivity index (χ1) is 14.3. The maximum Gasteiger partial charge on any atom is 0.0837 e. The van der Waals surface area contributed by atoms with E-state index in [9.17, 15) is 5.11 Å². The van der Waals surface area contributed by atoms with Crippen LogP contribution in [0.25, 0.3) is 0 Å². The molecule has 0 saturated heterocycles. The Hall–Kier alpha value is -1.39. The lowest BCUT2D eigenvalue weighted by atomic mass is 10.1. The molecule has 0 aliphatic carbocycles. The van der Waals surface area contributed by atoms with E-state index >= 15 is 0 Å². The van der Waals surface area contributed by atoms with Gasteiger partial charge in [0.15, 0.2) is 0 Å². The second-order valence-corrected chi connectivity index (χ2v) is 9.08. The molecule has 0 radical (unpaired) electrons. The van der Waals surface area contributed by atoms with E-state index < -0.39 is 0 Å². The fraction of sp³-hybridized carbons (Fsp3) is 0.360. The van der Waals surface area contributed by atoms with Gasteiger partial charge < -0.3 is 9.67 Å². The fourth-order valence-electron chi connectivity index (χ4n) is 2.94. The number of rotatable bonds is 11. The molecule has 0 aliphatic rings. The second-order valence-electron chi connectivity index (χ2n) is 7.15. The molecule has 0 fully saturated rings. The Labute approximate surface area is 196 Å². The van der Waals surface area contributed by atoms with Gasteiger partial charge in [0.25, 0.3) is 0 Å². The van der Waals surface area contributed by atoms with Gasteiger partial charge in [-0.05, 0) is 61.6 Å². The number of aromatic nitrogens is 1. The summed E-state index contributed by atoms with van der Waals surface area (Å²) < 4.78 is 2.18. The van der Waals surface area contributed by atoms with E-state index in [4.69, 9.17) is 23.2 Å². The average Bonchev–Trinajstić information content (AvgIpc) is 3.03.